The molecule has 0 bridgehead atoms. The van der Waals surface area contributed by atoms with Crippen LogP contribution in [0.2, 0.25) is 0 Å². The van der Waals surface area contributed by atoms with Crippen LogP contribution in [0.3, 0.4) is 0 Å². The minimum Gasteiger partial charge on any atom is -0.463 e. The summed E-state index contributed by atoms with van der Waals surface area (Å²) in [5, 5.41) is 3.53. The van der Waals surface area contributed by atoms with E-state index in [9.17, 15) is 13.6 Å². The number of hydrogen-bond donors (Lipinski definition) is 1. The summed E-state index contributed by atoms with van der Waals surface area (Å²) in [6, 6.07) is 5.53. The minimum absolute atomic E-state index is 0.0441. The smallest absolute Gasteiger partial charge is 0.387 e. The van der Waals surface area contributed by atoms with Gasteiger partial charge in [-0.1, -0.05) is 12.1 Å². The number of carbonyl (C=O) groups is 1. The molecular weight excluding hydrogens is 338 g/mol. The molecule has 0 radical (unpaired) electrons. The van der Waals surface area contributed by atoms with E-state index in [1.807, 2.05) is 0 Å². The number of hydrogen-bond acceptors (Lipinski definition) is 4. The van der Waals surface area contributed by atoms with E-state index >= 15 is 0 Å². The predicted octanol–water partition coefficient (Wildman–Crippen LogP) is 2.99. The number of benzene rings is 1. The molecule has 0 saturated heterocycles. The van der Waals surface area contributed by atoms with E-state index in [1.165, 1.54) is 12.1 Å². The van der Waals surface area contributed by atoms with E-state index < -0.39 is 18.6 Å². The molecule has 130 valence electrons. The highest BCUT2D eigenvalue weighted by atomic mass is 32.1. The van der Waals surface area contributed by atoms with E-state index in [0.29, 0.717) is 21.9 Å². The van der Waals surface area contributed by atoms with Gasteiger partial charge in [0.15, 0.2) is 5.11 Å². The lowest BCUT2D eigenvalue weighted by Gasteiger charge is -2.35. The van der Waals surface area contributed by atoms with Gasteiger partial charge in [-0.3, -0.25) is 0 Å². The molecule has 5 nitrogen and oxygen atoms in total. The van der Waals surface area contributed by atoms with Gasteiger partial charge >= 0.3 is 12.6 Å². The van der Waals surface area contributed by atoms with Crippen LogP contribution in [0.1, 0.15) is 25.5 Å². The van der Waals surface area contributed by atoms with Gasteiger partial charge in [0.25, 0.3) is 0 Å². The molecule has 0 aromatic heterocycles. The summed E-state index contributed by atoms with van der Waals surface area (Å²) in [6.45, 7) is 0.865. The highest BCUT2D eigenvalue weighted by Gasteiger charge is 2.33. The summed E-state index contributed by atoms with van der Waals surface area (Å²) in [5.41, 5.74) is 1.79. The Morgan fingerprint density at radius 1 is 1.38 bits per heavy atom. The molecule has 2 rings (SSSR count). The number of carbonyl (C=O) groups excluding carboxylic acids is 1. The van der Waals surface area contributed by atoms with Gasteiger partial charge in [-0.05, 0) is 43.8 Å². The lowest BCUT2D eigenvalue weighted by atomic mass is 9.95. The Balaban J connectivity index is 2.38. The van der Waals surface area contributed by atoms with E-state index in [1.54, 1.807) is 37.9 Å². The van der Waals surface area contributed by atoms with Crippen molar-refractivity contribution >= 4 is 23.3 Å². The molecule has 1 aliphatic heterocycles. The number of nitrogens with one attached hydrogen (secondary N) is 1. The average Bonchev–Trinajstić information content (AvgIpc) is 2.52. The topological polar surface area (TPSA) is 50.8 Å². The number of nitrogens with zero attached hydrogens (tertiary/aromatic N) is 1. The standard InChI is InChI=1S/C16H18F2N2O3S/c1-4-22-14(21)12-9(2)20(3)16(24)19-13(12)10-5-7-11(8-6-10)23-15(17)18/h5-8,13,15H,4H2,1-3H3,(H,19,24). The highest BCUT2D eigenvalue weighted by molar-refractivity contribution is 7.80. The van der Waals surface area contributed by atoms with Gasteiger partial charge < -0.3 is 19.7 Å². The number of thiocarbonyl (C=S) groups is 1. The van der Waals surface area contributed by atoms with Crippen LogP contribution in [-0.2, 0) is 9.53 Å². The van der Waals surface area contributed by atoms with Crippen molar-refractivity contribution in [2.24, 2.45) is 0 Å². The maximum atomic E-state index is 12.3. The van der Waals surface area contributed by atoms with E-state index in [-0.39, 0.29) is 12.4 Å². The van der Waals surface area contributed by atoms with Gasteiger partial charge in [0.1, 0.15) is 5.75 Å². The molecule has 0 spiro atoms. The first-order chi connectivity index (χ1) is 11.3. The molecular formula is C16H18F2N2O3S. The van der Waals surface area contributed by atoms with Crippen molar-refractivity contribution in [3.63, 3.8) is 0 Å². The van der Waals surface area contributed by atoms with Gasteiger partial charge in [0.05, 0.1) is 18.2 Å². The number of alkyl halides is 2. The predicted molar refractivity (Wildman–Crippen MR) is 88.6 cm³/mol. The maximum Gasteiger partial charge on any atom is 0.387 e. The number of allylic oxidation sites excluding steroid dienone is 1. The Hall–Kier alpha value is -2.22. The summed E-state index contributed by atoms with van der Waals surface area (Å²) < 4.78 is 34.0. The van der Waals surface area contributed by atoms with Crippen LogP contribution in [-0.4, -0.2) is 36.2 Å². The molecule has 8 heteroatoms. The molecule has 1 unspecified atom stereocenters. The zero-order valence-electron chi connectivity index (χ0n) is 13.5. The first-order valence-corrected chi connectivity index (χ1v) is 7.72. The summed E-state index contributed by atoms with van der Waals surface area (Å²) in [6.07, 6.45) is 0. The Morgan fingerprint density at radius 3 is 2.54 bits per heavy atom. The molecule has 0 saturated carbocycles. The van der Waals surface area contributed by atoms with E-state index in [2.05, 4.69) is 10.1 Å². The fourth-order valence-electron chi connectivity index (χ4n) is 2.40. The molecule has 1 aromatic rings. The molecule has 1 N–H and O–H groups in total. The number of esters is 1. The van der Waals surface area contributed by atoms with Gasteiger partial charge in [0.2, 0.25) is 0 Å². The van der Waals surface area contributed by atoms with Crippen molar-refractivity contribution in [1.82, 2.24) is 10.2 Å². The summed E-state index contributed by atoms with van der Waals surface area (Å²) in [4.78, 5) is 14.0. The third-order valence-corrected chi connectivity index (χ3v) is 4.08. The van der Waals surface area contributed by atoms with Crippen LogP contribution in [0.4, 0.5) is 8.78 Å². The largest absolute Gasteiger partial charge is 0.463 e. The van der Waals surface area contributed by atoms with Gasteiger partial charge in [-0.2, -0.15) is 8.78 Å². The van der Waals surface area contributed by atoms with Crippen molar-refractivity contribution in [1.29, 1.82) is 0 Å². The maximum absolute atomic E-state index is 12.3. The third-order valence-electron chi connectivity index (χ3n) is 3.69. The molecule has 1 atom stereocenters. The second-order valence-electron chi connectivity index (χ2n) is 5.11. The number of rotatable bonds is 5. The lowest BCUT2D eigenvalue weighted by molar-refractivity contribution is -0.139. The Kier molecular flexibility index (Phi) is 5.71. The first kappa shape index (κ1) is 18.1. The molecule has 0 aliphatic carbocycles. The van der Waals surface area contributed by atoms with Crippen LogP contribution < -0.4 is 10.1 Å². The second-order valence-corrected chi connectivity index (χ2v) is 5.50. The van der Waals surface area contributed by atoms with Crippen molar-refractivity contribution in [2.75, 3.05) is 13.7 Å². The zero-order chi connectivity index (χ0) is 17.9. The van der Waals surface area contributed by atoms with Crippen LogP contribution in [0.5, 0.6) is 5.75 Å². The molecule has 1 aromatic carbocycles. The van der Waals surface area contributed by atoms with Crippen LogP contribution in [0.15, 0.2) is 35.5 Å². The average molecular weight is 356 g/mol. The third kappa shape index (κ3) is 3.81. The first-order valence-electron chi connectivity index (χ1n) is 7.32. The molecule has 0 fully saturated rings. The Bertz CT molecular complexity index is 662. The molecule has 1 heterocycles. The van der Waals surface area contributed by atoms with Crippen molar-refractivity contribution in [2.45, 2.75) is 26.5 Å². The fraction of sp³-hybridized carbons (Fsp3) is 0.375. The highest BCUT2D eigenvalue weighted by Crippen LogP contribution is 2.31. The van der Waals surface area contributed by atoms with Gasteiger partial charge in [-0.25, -0.2) is 4.79 Å². The monoisotopic (exact) mass is 356 g/mol. The summed E-state index contributed by atoms with van der Waals surface area (Å²) >= 11 is 5.27. The Morgan fingerprint density at radius 2 is 2.00 bits per heavy atom. The number of ether oxygens (including phenoxy) is 2. The second kappa shape index (κ2) is 7.57. The van der Waals surface area contributed by atoms with Crippen LogP contribution in [0, 0.1) is 0 Å². The fourth-order valence-corrected chi connectivity index (χ4v) is 2.66. The van der Waals surface area contributed by atoms with Crippen LogP contribution in [0.25, 0.3) is 0 Å². The molecule has 0 amide bonds. The van der Waals surface area contributed by atoms with E-state index in [0.717, 1.165) is 0 Å². The van der Waals surface area contributed by atoms with Crippen LogP contribution >= 0.6 is 12.2 Å². The molecule has 24 heavy (non-hydrogen) atoms. The van der Waals surface area contributed by atoms with Gasteiger partial charge in [-0.15, -0.1) is 0 Å². The lowest BCUT2D eigenvalue weighted by Crippen LogP contribution is -2.46. The minimum atomic E-state index is -2.89. The van der Waals surface area contributed by atoms with Crippen molar-refractivity contribution < 1.29 is 23.0 Å². The summed E-state index contributed by atoms with van der Waals surface area (Å²) in [7, 11) is 1.75. The van der Waals surface area contributed by atoms with Gasteiger partial charge in [0, 0.05) is 12.7 Å². The Labute approximate surface area is 144 Å². The van der Waals surface area contributed by atoms with Crippen molar-refractivity contribution in [3.05, 3.63) is 41.1 Å². The molecule has 1 aliphatic rings. The SMILES string of the molecule is CCOC(=O)C1=C(C)N(C)C(=S)NC1c1ccc(OC(F)F)cc1. The summed E-state index contributed by atoms with van der Waals surface area (Å²) in [5.74, 6) is -0.405. The quantitative estimate of drug-likeness (QED) is 0.647. The van der Waals surface area contributed by atoms with Crippen molar-refractivity contribution in [3.8, 4) is 5.75 Å². The van der Waals surface area contributed by atoms with E-state index in [4.69, 9.17) is 17.0 Å². The zero-order valence-corrected chi connectivity index (χ0v) is 14.3. The number of halogens is 2. The normalized spacial score (nSPS) is 17.8.